The van der Waals surface area contributed by atoms with E-state index in [1.165, 1.54) is 0 Å². The number of carbonyl (C=O) groups is 2. The van der Waals surface area contributed by atoms with E-state index in [1.807, 2.05) is 45.9 Å². The molecular formula is C16H22N2O2. The van der Waals surface area contributed by atoms with Gasteiger partial charge in [0.05, 0.1) is 11.3 Å². The molecule has 0 saturated carbocycles. The molecule has 2 atom stereocenters. The first-order valence-corrected chi connectivity index (χ1v) is 7.20. The van der Waals surface area contributed by atoms with E-state index < -0.39 is 6.04 Å². The van der Waals surface area contributed by atoms with Crippen molar-refractivity contribution in [1.82, 2.24) is 5.32 Å². The Bertz CT molecular complexity index is 525. The normalized spacial score (nSPS) is 20.4. The van der Waals surface area contributed by atoms with Gasteiger partial charge in [0.15, 0.2) is 0 Å². The molecule has 1 aromatic carbocycles. The van der Waals surface area contributed by atoms with Crippen molar-refractivity contribution in [2.45, 2.75) is 46.2 Å². The van der Waals surface area contributed by atoms with Crippen LogP contribution in [0, 0.1) is 5.92 Å². The number of nitrogens with one attached hydrogen (secondary N) is 1. The summed E-state index contributed by atoms with van der Waals surface area (Å²) in [5, 5.41) is 2.86. The van der Waals surface area contributed by atoms with Crippen molar-refractivity contribution in [3.05, 3.63) is 29.8 Å². The van der Waals surface area contributed by atoms with Crippen LogP contribution in [0.15, 0.2) is 24.3 Å². The number of nitrogens with zero attached hydrogens (tertiary/aromatic N) is 1. The monoisotopic (exact) mass is 274 g/mol. The summed E-state index contributed by atoms with van der Waals surface area (Å²) in [6.07, 6.45) is 0.846. The average molecular weight is 274 g/mol. The number of fused-ring (bicyclic) bond motifs is 1. The second-order valence-electron chi connectivity index (χ2n) is 5.68. The van der Waals surface area contributed by atoms with Crippen LogP contribution in [0.25, 0.3) is 0 Å². The number of amides is 2. The van der Waals surface area contributed by atoms with Crippen molar-refractivity contribution in [3.8, 4) is 0 Å². The van der Waals surface area contributed by atoms with Crippen molar-refractivity contribution in [2.24, 2.45) is 5.92 Å². The quantitative estimate of drug-likeness (QED) is 0.921. The molecule has 1 aromatic rings. The van der Waals surface area contributed by atoms with E-state index in [-0.39, 0.29) is 23.8 Å². The highest BCUT2D eigenvalue weighted by Gasteiger charge is 2.36. The second-order valence-corrected chi connectivity index (χ2v) is 5.68. The summed E-state index contributed by atoms with van der Waals surface area (Å²) in [5.74, 6) is -0.126. The average Bonchev–Trinajstić information content (AvgIpc) is 2.54. The van der Waals surface area contributed by atoms with Gasteiger partial charge in [0, 0.05) is 6.04 Å². The van der Waals surface area contributed by atoms with Crippen molar-refractivity contribution < 1.29 is 9.59 Å². The Kier molecular flexibility index (Phi) is 4.12. The molecule has 2 unspecified atom stereocenters. The van der Waals surface area contributed by atoms with Gasteiger partial charge in [-0.05, 0) is 31.4 Å². The van der Waals surface area contributed by atoms with E-state index in [4.69, 9.17) is 0 Å². The van der Waals surface area contributed by atoms with E-state index in [0.717, 1.165) is 6.42 Å². The van der Waals surface area contributed by atoms with Gasteiger partial charge < -0.3 is 10.2 Å². The molecule has 20 heavy (non-hydrogen) atoms. The molecule has 1 N–H and O–H groups in total. The van der Waals surface area contributed by atoms with E-state index >= 15 is 0 Å². The van der Waals surface area contributed by atoms with Crippen LogP contribution in [-0.2, 0) is 4.79 Å². The zero-order chi connectivity index (χ0) is 14.9. The Morgan fingerprint density at radius 1 is 1.20 bits per heavy atom. The zero-order valence-electron chi connectivity index (χ0n) is 12.5. The van der Waals surface area contributed by atoms with Crippen LogP contribution < -0.4 is 10.2 Å². The molecule has 1 aliphatic heterocycles. The van der Waals surface area contributed by atoms with Gasteiger partial charge in [-0.1, -0.05) is 32.9 Å². The fourth-order valence-electron chi connectivity index (χ4n) is 2.51. The largest absolute Gasteiger partial charge is 0.340 e. The van der Waals surface area contributed by atoms with Crippen molar-refractivity contribution >= 4 is 17.5 Å². The van der Waals surface area contributed by atoms with Crippen molar-refractivity contribution in [1.29, 1.82) is 0 Å². The van der Waals surface area contributed by atoms with E-state index in [0.29, 0.717) is 11.3 Å². The number of benzene rings is 1. The molecule has 0 aliphatic carbocycles. The maximum absolute atomic E-state index is 12.8. The lowest BCUT2D eigenvalue weighted by molar-refractivity contribution is -0.121. The predicted octanol–water partition coefficient (Wildman–Crippen LogP) is 2.59. The number of carbonyl (C=O) groups excluding carboxylic acids is 2. The Morgan fingerprint density at radius 2 is 1.85 bits per heavy atom. The van der Waals surface area contributed by atoms with Crippen molar-refractivity contribution in [3.63, 3.8) is 0 Å². The first kappa shape index (κ1) is 14.6. The molecule has 0 aromatic heterocycles. The Balaban J connectivity index is 2.57. The molecule has 4 heteroatoms. The molecule has 108 valence electrons. The third-order valence-corrected chi connectivity index (χ3v) is 3.90. The fraction of sp³-hybridized carbons (Fsp3) is 0.500. The highest BCUT2D eigenvalue weighted by atomic mass is 16.2. The molecule has 1 aliphatic rings. The second kappa shape index (κ2) is 5.65. The lowest BCUT2D eigenvalue weighted by Crippen LogP contribution is -2.51. The zero-order valence-corrected chi connectivity index (χ0v) is 12.5. The molecule has 2 rings (SSSR count). The molecule has 0 radical (unpaired) electrons. The number of hydrogen-bond acceptors (Lipinski definition) is 2. The van der Waals surface area contributed by atoms with Crippen molar-refractivity contribution in [2.75, 3.05) is 4.90 Å². The van der Waals surface area contributed by atoms with Crippen LogP contribution in [0.3, 0.4) is 0 Å². The maximum atomic E-state index is 12.8. The minimum absolute atomic E-state index is 0.0207. The molecule has 1 heterocycles. The Morgan fingerprint density at radius 3 is 2.45 bits per heavy atom. The van der Waals surface area contributed by atoms with Gasteiger partial charge in [0.1, 0.15) is 6.04 Å². The summed E-state index contributed by atoms with van der Waals surface area (Å²) < 4.78 is 0. The summed E-state index contributed by atoms with van der Waals surface area (Å²) in [5.41, 5.74) is 1.29. The van der Waals surface area contributed by atoms with Gasteiger partial charge in [-0.3, -0.25) is 9.59 Å². The fourth-order valence-corrected chi connectivity index (χ4v) is 2.51. The lowest BCUT2D eigenvalue weighted by atomic mass is 10.0. The number of para-hydroxylation sites is 1. The molecule has 0 bridgehead atoms. The topological polar surface area (TPSA) is 49.4 Å². The third-order valence-electron chi connectivity index (χ3n) is 3.90. The van der Waals surface area contributed by atoms with Crippen LogP contribution in [0.2, 0.25) is 0 Å². The highest BCUT2D eigenvalue weighted by molar-refractivity contribution is 6.11. The van der Waals surface area contributed by atoms with Crippen LogP contribution in [-0.4, -0.2) is 23.9 Å². The Hall–Kier alpha value is -1.84. The van der Waals surface area contributed by atoms with Gasteiger partial charge >= 0.3 is 0 Å². The SMILES string of the molecule is CCC(C)N1C(=O)C(C(C)C)NC(=O)c2ccccc21. The number of hydrogen-bond donors (Lipinski definition) is 1. The summed E-state index contributed by atoms with van der Waals surface area (Å²) >= 11 is 0. The summed E-state index contributed by atoms with van der Waals surface area (Å²) in [7, 11) is 0. The highest BCUT2D eigenvalue weighted by Crippen LogP contribution is 2.28. The smallest absolute Gasteiger partial charge is 0.254 e. The minimum atomic E-state index is -0.469. The van der Waals surface area contributed by atoms with Crippen LogP contribution >= 0.6 is 0 Å². The predicted molar refractivity (Wildman–Crippen MR) is 79.8 cm³/mol. The molecule has 0 fully saturated rings. The standard InChI is InChI=1S/C16H22N2O2/c1-5-11(4)18-13-9-7-6-8-12(13)15(19)17-14(10(2)3)16(18)20/h6-11,14H,5H2,1-4H3,(H,17,19). The van der Waals surface area contributed by atoms with Crippen LogP contribution in [0.4, 0.5) is 5.69 Å². The number of rotatable bonds is 3. The summed E-state index contributed by atoms with van der Waals surface area (Å²) in [6, 6.07) is 6.91. The van der Waals surface area contributed by atoms with E-state index in [1.54, 1.807) is 11.0 Å². The van der Waals surface area contributed by atoms with E-state index in [2.05, 4.69) is 5.32 Å². The van der Waals surface area contributed by atoms with E-state index in [9.17, 15) is 9.59 Å². The van der Waals surface area contributed by atoms with Crippen LogP contribution in [0.5, 0.6) is 0 Å². The first-order valence-electron chi connectivity index (χ1n) is 7.20. The molecule has 0 spiro atoms. The maximum Gasteiger partial charge on any atom is 0.254 e. The van der Waals surface area contributed by atoms with Gasteiger partial charge in [-0.2, -0.15) is 0 Å². The van der Waals surface area contributed by atoms with Gasteiger partial charge in [-0.15, -0.1) is 0 Å². The summed E-state index contributed by atoms with van der Waals surface area (Å²) in [4.78, 5) is 26.9. The molecule has 4 nitrogen and oxygen atoms in total. The lowest BCUT2D eigenvalue weighted by Gasteiger charge is -2.31. The number of anilines is 1. The van der Waals surface area contributed by atoms with Gasteiger partial charge in [0.2, 0.25) is 5.91 Å². The molecule has 2 amide bonds. The van der Waals surface area contributed by atoms with Gasteiger partial charge in [0.25, 0.3) is 5.91 Å². The third kappa shape index (κ3) is 2.42. The molecule has 0 saturated heterocycles. The first-order chi connectivity index (χ1) is 9.47. The minimum Gasteiger partial charge on any atom is -0.340 e. The van der Waals surface area contributed by atoms with Gasteiger partial charge in [-0.25, -0.2) is 0 Å². The van der Waals surface area contributed by atoms with Crippen LogP contribution in [0.1, 0.15) is 44.5 Å². The molecular weight excluding hydrogens is 252 g/mol. The Labute approximate surface area is 120 Å². The summed E-state index contributed by atoms with van der Waals surface area (Å²) in [6.45, 7) is 7.97.